The molecule has 0 aliphatic heterocycles. The zero-order valence-corrected chi connectivity index (χ0v) is 10.2. The van der Waals surface area contributed by atoms with E-state index >= 15 is 0 Å². The average Bonchev–Trinajstić information content (AvgIpc) is 2.99. The van der Waals surface area contributed by atoms with E-state index in [0.29, 0.717) is 12.2 Å². The topological polar surface area (TPSA) is 17.1 Å². The Balaban J connectivity index is 1.74. The molecule has 1 aromatic carbocycles. The Morgan fingerprint density at radius 3 is 2.76 bits per heavy atom. The molecule has 2 aliphatic carbocycles. The Bertz CT molecular complexity index is 482. The van der Waals surface area contributed by atoms with Crippen LogP contribution in [0, 0.1) is 0 Å². The second-order valence-corrected chi connectivity index (χ2v) is 5.18. The predicted molar refractivity (Wildman–Crippen MR) is 69.1 cm³/mol. The molecule has 0 saturated heterocycles. The molecule has 0 bridgehead atoms. The molecule has 17 heavy (non-hydrogen) atoms. The maximum atomic E-state index is 12.0. The summed E-state index contributed by atoms with van der Waals surface area (Å²) in [6, 6.07) is 6.60. The monoisotopic (exact) mass is 226 g/mol. The summed E-state index contributed by atoms with van der Waals surface area (Å²) < 4.78 is 0. The molecule has 88 valence electrons. The lowest BCUT2D eigenvalue weighted by Crippen LogP contribution is -2.05. The van der Waals surface area contributed by atoms with Crippen LogP contribution in [-0.4, -0.2) is 5.78 Å². The van der Waals surface area contributed by atoms with Crippen molar-refractivity contribution in [3.8, 4) is 0 Å². The van der Waals surface area contributed by atoms with Gasteiger partial charge in [0.25, 0.3) is 0 Å². The number of Topliss-reactive ketones (excluding diaryl/α,β-unsaturated/α-hetero) is 1. The van der Waals surface area contributed by atoms with E-state index < -0.39 is 0 Å². The summed E-state index contributed by atoms with van der Waals surface area (Å²) in [5.41, 5.74) is 5.21. The summed E-state index contributed by atoms with van der Waals surface area (Å²) in [6.07, 6.45) is 9.64. The zero-order valence-electron chi connectivity index (χ0n) is 10.2. The molecule has 0 heterocycles. The molecule has 0 spiro atoms. The highest BCUT2D eigenvalue weighted by molar-refractivity contribution is 5.97. The quantitative estimate of drug-likeness (QED) is 0.772. The van der Waals surface area contributed by atoms with Gasteiger partial charge in [0, 0.05) is 6.42 Å². The van der Waals surface area contributed by atoms with Crippen LogP contribution in [0.2, 0.25) is 0 Å². The maximum Gasteiger partial charge on any atom is 0.162 e. The van der Waals surface area contributed by atoms with E-state index in [1.807, 2.05) is 0 Å². The van der Waals surface area contributed by atoms with Crippen molar-refractivity contribution in [2.24, 2.45) is 0 Å². The first kappa shape index (κ1) is 10.8. The third kappa shape index (κ3) is 2.19. The highest BCUT2D eigenvalue weighted by atomic mass is 16.1. The molecule has 2 aliphatic rings. The first-order valence-electron chi connectivity index (χ1n) is 6.66. The first-order valence-corrected chi connectivity index (χ1v) is 6.66. The lowest BCUT2D eigenvalue weighted by Gasteiger charge is -2.05. The van der Waals surface area contributed by atoms with Gasteiger partial charge in [-0.05, 0) is 60.8 Å². The summed E-state index contributed by atoms with van der Waals surface area (Å²) in [5, 5.41) is 0. The molecule has 0 saturated carbocycles. The summed E-state index contributed by atoms with van der Waals surface area (Å²) in [4.78, 5) is 12.0. The van der Waals surface area contributed by atoms with Crippen molar-refractivity contribution in [2.75, 3.05) is 0 Å². The van der Waals surface area contributed by atoms with Crippen LogP contribution in [-0.2, 0) is 24.1 Å². The molecular formula is C16H18O. The van der Waals surface area contributed by atoms with Gasteiger partial charge in [0.2, 0.25) is 0 Å². The van der Waals surface area contributed by atoms with E-state index in [-0.39, 0.29) is 0 Å². The van der Waals surface area contributed by atoms with Gasteiger partial charge in [0.15, 0.2) is 5.78 Å². The number of aryl methyl sites for hydroxylation is 2. The molecule has 1 nitrogen and oxygen atoms in total. The van der Waals surface area contributed by atoms with Crippen LogP contribution < -0.4 is 0 Å². The minimum absolute atomic E-state index is 0.334. The molecule has 0 atom stereocenters. The molecule has 0 amide bonds. The Morgan fingerprint density at radius 2 is 1.94 bits per heavy atom. The van der Waals surface area contributed by atoms with Crippen molar-refractivity contribution >= 4 is 5.78 Å². The number of ketones is 1. The SMILES string of the molecule is O=C(Cc1ccc2c(c1)CCC2)C1=CCCC1. The first-order chi connectivity index (χ1) is 8.33. The highest BCUT2D eigenvalue weighted by Gasteiger charge is 2.15. The highest BCUT2D eigenvalue weighted by Crippen LogP contribution is 2.24. The van der Waals surface area contributed by atoms with Gasteiger partial charge >= 0.3 is 0 Å². The molecule has 1 heteroatoms. The third-order valence-corrected chi connectivity index (χ3v) is 3.93. The van der Waals surface area contributed by atoms with Gasteiger partial charge < -0.3 is 0 Å². The van der Waals surface area contributed by atoms with E-state index in [2.05, 4.69) is 24.3 Å². The minimum Gasteiger partial charge on any atom is -0.294 e. The van der Waals surface area contributed by atoms with E-state index in [1.54, 1.807) is 0 Å². The second-order valence-electron chi connectivity index (χ2n) is 5.18. The third-order valence-electron chi connectivity index (χ3n) is 3.93. The average molecular weight is 226 g/mol. The molecule has 0 unspecified atom stereocenters. The number of allylic oxidation sites excluding steroid dienone is 2. The van der Waals surface area contributed by atoms with Crippen LogP contribution in [0.3, 0.4) is 0 Å². The zero-order chi connectivity index (χ0) is 11.7. The van der Waals surface area contributed by atoms with E-state index in [4.69, 9.17) is 0 Å². The Hall–Kier alpha value is -1.37. The smallest absolute Gasteiger partial charge is 0.162 e. The number of rotatable bonds is 3. The van der Waals surface area contributed by atoms with E-state index in [9.17, 15) is 4.79 Å². The largest absolute Gasteiger partial charge is 0.294 e. The van der Waals surface area contributed by atoms with Gasteiger partial charge in [-0.3, -0.25) is 4.79 Å². The van der Waals surface area contributed by atoms with Crippen molar-refractivity contribution in [3.05, 3.63) is 46.5 Å². The fourth-order valence-electron chi connectivity index (χ4n) is 2.96. The molecule has 0 fully saturated rings. The van der Waals surface area contributed by atoms with Crippen LogP contribution in [0.4, 0.5) is 0 Å². The molecule has 0 radical (unpaired) electrons. The van der Waals surface area contributed by atoms with Crippen molar-refractivity contribution in [3.63, 3.8) is 0 Å². The van der Waals surface area contributed by atoms with E-state index in [1.165, 1.54) is 36.0 Å². The number of hydrogen-bond acceptors (Lipinski definition) is 1. The van der Waals surface area contributed by atoms with Gasteiger partial charge in [0.05, 0.1) is 0 Å². The van der Waals surface area contributed by atoms with Crippen molar-refractivity contribution in [1.29, 1.82) is 0 Å². The summed E-state index contributed by atoms with van der Waals surface area (Å²) in [6.45, 7) is 0. The lowest BCUT2D eigenvalue weighted by molar-refractivity contribution is -0.115. The van der Waals surface area contributed by atoms with Crippen LogP contribution in [0.1, 0.15) is 42.4 Å². The molecule has 3 rings (SSSR count). The summed E-state index contributed by atoms with van der Waals surface area (Å²) in [5.74, 6) is 0.334. The fourth-order valence-corrected chi connectivity index (χ4v) is 2.96. The van der Waals surface area contributed by atoms with E-state index in [0.717, 1.165) is 24.8 Å². The molecule has 0 N–H and O–H groups in total. The minimum atomic E-state index is 0.334. The van der Waals surface area contributed by atoms with Crippen molar-refractivity contribution in [2.45, 2.75) is 44.9 Å². The predicted octanol–water partition coefficient (Wildman–Crippen LogP) is 3.40. The number of fused-ring (bicyclic) bond motifs is 1. The molecule has 1 aromatic rings. The number of carbonyl (C=O) groups is 1. The van der Waals surface area contributed by atoms with Crippen molar-refractivity contribution < 1.29 is 4.79 Å². The Labute approximate surface area is 103 Å². The number of benzene rings is 1. The van der Waals surface area contributed by atoms with Gasteiger partial charge in [-0.25, -0.2) is 0 Å². The van der Waals surface area contributed by atoms with Crippen LogP contribution in [0.15, 0.2) is 29.8 Å². The van der Waals surface area contributed by atoms with Crippen LogP contribution in [0.25, 0.3) is 0 Å². The van der Waals surface area contributed by atoms with Gasteiger partial charge in [-0.2, -0.15) is 0 Å². The summed E-state index contributed by atoms with van der Waals surface area (Å²) >= 11 is 0. The standard InChI is InChI=1S/C16H18O/c17-16(14-4-1-2-5-14)11-12-8-9-13-6-3-7-15(13)10-12/h4,8-10H,1-3,5-7,11H2. The lowest BCUT2D eigenvalue weighted by atomic mass is 9.99. The second kappa shape index (κ2) is 4.48. The molecule has 0 aromatic heterocycles. The maximum absolute atomic E-state index is 12.0. The van der Waals surface area contributed by atoms with Gasteiger partial charge in [-0.1, -0.05) is 24.3 Å². The van der Waals surface area contributed by atoms with Crippen molar-refractivity contribution in [1.82, 2.24) is 0 Å². The fraction of sp³-hybridized carbons (Fsp3) is 0.438. The summed E-state index contributed by atoms with van der Waals surface area (Å²) in [7, 11) is 0. The van der Waals surface area contributed by atoms with Crippen LogP contribution in [0.5, 0.6) is 0 Å². The number of hydrogen-bond donors (Lipinski definition) is 0. The Kier molecular flexibility index (Phi) is 2.84. The Morgan fingerprint density at radius 1 is 1.06 bits per heavy atom. The van der Waals surface area contributed by atoms with Gasteiger partial charge in [-0.15, -0.1) is 0 Å². The molecular weight excluding hydrogens is 208 g/mol. The number of carbonyl (C=O) groups excluding carboxylic acids is 1. The normalized spacial score (nSPS) is 18.0. The van der Waals surface area contributed by atoms with Crippen LogP contribution >= 0.6 is 0 Å². The van der Waals surface area contributed by atoms with Gasteiger partial charge in [0.1, 0.15) is 0 Å².